The number of aromatic nitrogens is 2. The number of hydrogen-bond acceptors (Lipinski definition) is 5. The number of benzene rings is 2. The van der Waals surface area contributed by atoms with Crippen LogP contribution in [-0.4, -0.2) is 53.4 Å². The van der Waals surface area contributed by atoms with Gasteiger partial charge in [0.05, 0.1) is 18.8 Å². The zero-order valence-corrected chi connectivity index (χ0v) is 18.9. The van der Waals surface area contributed by atoms with Crippen molar-refractivity contribution in [3.8, 4) is 11.5 Å². The normalized spacial score (nSPS) is 15.1. The summed E-state index contributed by atoms with van der Waals surface area (Å²) in [4.78, 5) is 14.5. The topological polar surface area (TPSA) is 68.6 Å². The Morgan fingerprint density at radius 3 is 2.62 bits per heavy atom. The highest BCUT2D eigenvalue weighted by molar-refractivity contribution is 5.78. The molecule has 0 spiro atoms. The van der Waals surface area contributed by atoms with Crippen molar-refractivity contribution in [1.82, 2.24) is 20.0 Å². The number of rotatable bonds is 8. The lowest BCUT2D eigenvalue weighted by Gasteiger charge is -2.29. The van der Waals surface area contributed by atoms with Gasteiger partial charge >= 0.3 is 0 Å². The minimum absolute atomic E-state index is 0.0285. The summed E-state index contributed by atoms with van der Waals surface area (Å²) in [6.45, 7) is 6.59. The largest absolute Gasteiger partial charge is 0.486 e. The standard InChI is InChI=1S/C25H30N4O3/c1-18-22(19(2)29(27-18)14-20-9-5-4-6-10-20)13-26-25(30)16-28(3)15-21-17-31-23-11-7-8-12-24(23)32-21/h4-12,21H,13-17H2,1-3H3,(H,26,30). The highest BCUT2D eigenvalue weighted by Gasteiger charge is 2.22. The summed E-state index contributed by atoms with van der Waals surface area (Å²) in [5.74, 6) is 1.49. The lowest BCUT2D eigenvalue weighted by atomic mass is 10.2. The van der Waals surface area contributed by atoms with Gasteiger partial charge in [-0.25, -0.2) is 0 Å². The van der Waals surface area contributed by atoms with Gasteiger partial charge in [0.1, 0.15) is 12.7 Å². The molecular formula is C25H30N4O3. The molecule has 1 aliphatic rings. The van der Waals surface area contributed by atoms with E-state index in [4.69, 9.17) is 9.47 Å². The van der Waals surface area contributed by atoms with Crippen molar-refractivity contribution in [1.29, 1.82) is 0 Å². The third-order valence-corrected chi connectivity index (χ3v) is 5.67. The number of para-hydroxylation sites is 2. The Labute approximate surface area is 188 Å². The average Bonchev–Trinajstić information content (AvgIpc) is 3.05. The van der Waals surface area contributed by atoms with Crippen LogP contribution >= 0.6 is 0 Å². The van der Waals surface area contributed by atoms with Crippen LogP contribution in [0.2, 0.25) is 0 Å². The second-order valence-corrected chi connectivity index (χ2v) is 8.26. The van der Waals surface area contributed by atoms with E-state index in [1.807, 2.05) is 66.0 Å². The molecular weight excluding hydrogens is 404 g/mol. The second-order valence-electron chi connectivity index (χ2n) is 8.26. The van der Waals surface area contributed by atoms with Crippen molar-refractivity contribution in [2.24, 2.45) is 0 Å². The number of carbonyl (C=O) groups is 1. The van der Waals surface area contributed by atoms with Crippen LogP contribution < -0.4 is 14.8 Å². The Morgan fingerprint density at radius 2 is 1.84 bits per heavy atom. The number of amides is 1. The van der Waals surface area contributed by atoms with Gasteiger partial charge in [-0.15, -0.1) is 0 Å². The average molecular weight is 435 g/mol. The number of fused-ring (bicyclic) bond motifs is 1. The first-order valence-corrected chi connectivity index (χ1v) is 10.9. The van der Waals surface area contributed by atoms with Crippen LogP contribution in [0, 0.1) is 13.8 Å². The smallest absolute Gasteiger partial charge is 0.234 e. The van der Waals surface area contributed by atoms with Crippen LogP contribution in [0.5, 0.6) is 11.5 Å². The maximum absolute atomic E-state index is 12.5. The van der Waals surface area contributed by atoms with Crippen molar-refractivity contribution in [3.05, 3.63) is 77.1 Å². The van der Waals surface area contributed by atoms with Gasteiger partial charge in [0.25, 0.3) is 0 Å². The molecule has 1 atom stereocenters. The van der Waals surface area contributed by atoms with E-state index in [1.54, 1.807) is 0 Å². The van der Waals surface area contributed by atoms with Crippen LogP contribution in [0.4, 0.5) is 0 Å². The van der Waals surface area contributed by atoms with Crippen molar-refractivity contribution in [3.63, 3.8) is 0 Å². The fourth-order valence-electron chi connectivity index (χ4n) is 3.95. The summed E-state index contributed by atoms with van der Waals surface area (Å²) in [6.07, 6.45) is -0.108. The quantitative estimate of drug-likeness (QED) is 0.590. The number of carbonyl (C=O) groups excluding carboxylic acids is 1. The molecule has 7 heteroatoms. The predicted octanol–water partition coefficient (Wildman–Crippen LogP) is 2.94. The van der Waals surface area contributed by atoms with Crippen molar-refractivity contribution in [2.45, 2.75) is 33.0 Å². The van der Waals surface area contributed by atoms with Crippen LogP contribution in [-0.2, 0) is 17.9 Å². The molecule has 2 heterocycles. The zero-order valence-electron chi connectivity index (χ0n) is 18.9. The second kappa shape index (κ2) is 9.87. The molecule has 2 aromatic carbocycles. The third-order valence-electron chi connectivity index (χ3n) is 5.67. The SMILES string of the molecule is Cc1nn(Cc2ccccc2)c(C)c1CNC(=O)CN(C)CC1COc2ccccc2O1. The molecule has 0 saturated carbocycles. The Kier molecular flexibility index (Phi) is 6.75. The fourth-order valence-corrected chi connectivity index (χ4v) is 3.95. The molecule has 0 saturated heterocycles. The molecule has 1 N–H and O–H groups in total. The zero-order chi connectivity index (χ0) is 22.5. The van der Waals surface area contributed by atoms with Gasteiger partial charge in [-0.2, -0.15) is 5.10 Å². The van der Waals surface area contributed by atoms with Crippen LogP contribution in [0.25, 0.3) is 0 Å². The van der Waals surface area contributed by atoms with E-state index in [1.165, 1.54) is 5.56 Å². The molecule has 0 radical (unpaired) electrons. The molecule has 1 aromatic heterocycles. The van der Waals surface area contributed by atoms with Crippen LogP contribution in [0.1, 0.15) is 22.5 Å². The van der Waals surface area contributed by atoms with Crippen LogP contribution in [0.3, 0.4) is 0 Å². The Morgan fingerprint density at radius 1 is 1.12 bits per heavy atom. The van der Waals surface area contributed by atoms with Crippen LogP contribution in [0.15, 0.2) is 54.6 Å². The van der Waals surface area contributed by atoms with Gasteiger partial charge in [0.15, 0.2) is 11.5 Å². The number of likely N-dealkylation sites (N-methyl/N-ethyl adjacent to an activating group) is 1. The van der Waals surface area contributed by atoms with Gasteiger partial charge in [-0.1, -0.05) is 42.5 Å². The molecule has 3 aromatic rings. The van der Waals surface area contributed by atoms with Crippen molar-refractivity contribution >= 4 is 5.91 Å². The van der Waals surface area contributed by atoms with Crippen molar-refractivity contribution < 1.29 is 14.3 Å². The molecule has 32 heavy (non-hydrogen) atoms. The third kappa shape index (κ3) is 5.29. The van der Waals surface area contributed by atoms with E-state index in [2.05, 4.69) is 29.5 Å². The van der Waals surface area contributed by atoms with Gasteiger partial charge in [-0.3, -0.25) is 14.4 Å². The Hall–Kier alpha value is -3.32. The van der Waals surface area contributed by atoms with E-state index in [0.717, 1.165) is 35.0 Å². The molecule has 1 amide bonds. The molecule has 0 aliphatic carbocycles. The van der Waals surface area contributed by atoms with E-state index >= 15 is 0 Å². The van der Waals surface area contributed by atoms with Gasteiger partial charge in [-0.05, 0) is 38.6 Å². The summed E-state index contributed by atoms with van der Waals surface area (Å²) in [7, 11) is 1.91. The first-order chi connectivity index (χ1) is 15.5. The minimum atomic E-state index is -0.108. The van der Waals surface area contributed by atoms with E-state index in [0.29, 0.717) is 19.7 Å². The summed E-state index contributed by atoms with van der Waals surface area (Å²) in [6, 6.07) is 17.9. The van der Waals surface area contributed by atoms with Gasteiger partial charge in [0, 0.05) is 24.3 Å². The molecule has 7 nitrogen and oxygen atoms in total. The molecule has 0 fully saturated rings. The summed E-state index contributed by atoms with van der Waals surface area (Å²) < 4.78 is 13.7. The first-order valence-electron chi connectivity index (χ1n) is 10.9. The van der Waals surface area contributed by atoms with Crippen molar-refractivity contribution in [2.75, 3.05) is 26.7 Å². The summed E-state index contributed by atoms with van der Waals surface area (Å²) >= 11 is 0. The molecule has 1 aliphatic heterocycles. The lowest BCUT2D eigenvalue weighted by Crippen LogP contribution is -2.43. The van der Waals surface area contributed by atoms with E-state index in [9.17, 15) is 4.79 Å². The van der Waals surface area contributed by atoms with E-state index in [-0.39, 0.29) is 18.6 Å². The fraction of sp³-hybridized carbons (Fsp3) is 0.360. The summed E-state index contributed by atoms with van der Waals surface area (Å²) in [5, 5.41) is 7.70. The lowest BCUT2D eigenvalue weighted by molar-refractivity contribution is -0.122. The van der Waals surface area contributed by atoms with Gasteiger partial charge in [0.2, 0.25) is 5.91 Å². The number of nitrogens with one attached hydrogen (secondary N) is 1. The number of hydrogen-bond donors (Lipinski definition) is 1. The number of aryl methyl sites for hydroxylation is 1. The molecule has 168 valence electrons. The molecule has 1 unspecified atom stereocenters. The number of nitrogens with zero attached hydrogens (tertiary/aromatic N) is 3. The summed E-state index contributed by atoms with van der Waals surface area (Å²) in [5.41, 5.74) is 4.29. The maximum Gasteiger partial charge on any atom is 0.234 e. The van der Waals surface area contributed by atoms with E-state index < -0.39 is 0 Å². The molecule has 4 rings (SSSR count). The predicted molar refractivity (Wildman–Crippen MR) is 123 cm³/mol. The molecule has 0 bridgehead atoms. The highest BCUT2D eigenvalue weighted by Crippen LogP contribution is 2.30. The van der Waals surface area contributed by atoms with Gasteiger partial charge < -0.3 is 14.8 Å². The maximum atomic E-state index is 12.5. The first kappa shape index (κ1) is 21.9. The minimum Gasteiger partial charge on any atom is -0.486 e. The Balaban J connectivity index is 1.27. The Bertz CT molecular complexity index is 1060. The number of ether oxygens (including phenoxy) is 2. The highest BCUT2D eigenvalue weighted by atomic mass is 16.6. The monoisotopic (exact) mass is 434 g/mol.